The first-order valence-electron chi connectivity index (χ1n) is 11.1. The van der Waals surface area contributed by atoms with Crippen LogP contribution in [-0.2, 0) is 0 Å². The minimum atomic E-state index is -3.98. The van der Waals surface area contributed by atoms with E-state index in [4.69, 9.17) is 16.3 Å². The van der Waals surface area contributed by atoms with Gasteiger partial charge in [0.25, 0.3) is 0 Å². The fraction of sp³-hybridized carbons (Fsp3) is 0.259. The molecule has 10 heteroatoms. The normalized spacial score (nSPS) is 20.4. The van der Waals surface area contributed by atoms with Crippen LogP contribution in [0, 0.1) is 40.4 Å². The van der Waals surface area contributed by atoms with E-state index in [9.17, 15) is 26.3 Å². The van der Waals surface area contributed by atoms with Crippen molar-refractivity contribution in [3.63, 3.8) is 0 Å². The number of allylic oxidation sites excluding steroid dienone is 1. The van der Waals surface area contributed by atoms with Crippen molar-refractivity contribution >= 4 is 11.6 Å². The first-order valence-corrected chi connectivity index (χ1v) is 11.5. The Kier molecular flexibility index (Phi) is 7.05. The van der Waals surface area contributed by atoms with Crippen molar-refractivity contribution in [2.24, 2.45) is 11.3 Å². The maximum atomic E-state index is 15.1. The van der Waals surface area contributed by atoms with Gasteiger partial charge in [0.15, 0.2) is 17.5 Å². The van der Waals surface area contributed by atoms with Crippen molar-refractivity contribution in [3.05, 3.63) is 88.5 Å². The lowest BCUT2D eigenvalue weighted by molar-refractivity contribution is -0.244. The van der Waals surface area contributed by atoms with Gasteiger partial charge in [-0.25, -0.2) is 26.3 Å². The second-order valence-electron chi connectivity index (χ2n) is 9.14. The minimum absolute atomic E-state index is 0.0126. The number of rotatable bonds is 5. The Hall–Kier alpha value is -3.07. The zero-order valence-corrected chi connectivity index (χ0v) is 20.2. The van der Waals surface area contributed by atoms with Gasteiger partial charge in [-0.05, 0) is 61.2 Å². The van der Waals surface area contributed by atoms with Crippen LogP contribution in [0.2, 0.25) is 0 Å². The summed E-state index contributed by atoms with van der Waals surface area (Å²) >= 11 is 5.93. The molecular weight excluding hydrogens is 528 g/mol. The Labute approximate surface area is 212 Å². The molecule has 1 nitrogen and oxygen atoms in total. The molecule has 0 aliphatic heterocycles. The molecule has 0 aromatic heterocycles. The predicted octanol–water partition coefficient (Wildman–Crippen LogP) is 9.54. The lowest BCUT2D eigenvalue weighted by Gasteiger charge is -2.40. The quantitative estimate of drug-likeness (QED) is 0.229. The summed E-state index contributed by atoms with van der Waals surface area (Å²) in [5.74, 6) is -8.76. The third-order valence-corrected chi connectivity index (χ3v) is 7.21. The Bertz CT molecular complexity index is 1380. The van der Waals surface area contributed by atoms with Crippen LogP contribution in [0.25, 0.3) is 22.3 Å². The summed E-state index contributed by atoms with van der Waals surface area (Å²) < 4.78 is 119. The molecule has 196 valence electrons. The number of alkyl halides is 2. The van der Waals surface area contributed by atoms with Gasteiger partial charge >= 0.3 is 6.11 Å². The van der Waals surface area contributed by atoms with Crippen molar-refractivity contribution in [2.45, 2.75) is 32.8 Å². The highest BCUT2D eigenvalue weighted by atomic mass is 35.5. The zero-order valence-electron chi connectivity index (χ0n) is 19.4. The van der Waals surface area contributed by atoms with Gasteiger partial charge in [0.2, 0.25) is 0 Å². The molecule has 37 heavy (non-hydrogen) atoms. The zero-order chi connectivity index (χ0) is 27.3. The fourth-order valence-electron chi connectivity index (χ4n) is 4.18. The maximum absolute atomic E-state index is 15.1. The topological polar surface area (TPSA) is 9.23 Å². The first kappa shape index (κ1) is 27.0. The molecule has 0 fully saturated rings. The van der Waals surface area contributed by atoms with Crippen LogP contribution in [0.4, 0.5) is 35.1 Å². The molecule has 1 aliphatic carbocycles. The SMILES string of the molecule is CC1CC[C@](C)(C(F)(F)Oc2ccc(-c3ccc(-c4cc(F)c(F)c(F)c4)c(F)c3)c(F)c2)C(Cl)=C1F. The minimum Gasteiger partial charge on any atom is -0.432 e. The van der Waals surface area contributed by atoms with Crippen LogP contribution in [0.3, 0.4) is 0 Å². The average molecular weight is 547 g/mol. The highest BCUT2D eigenvalue weighted by Crippen LogP contribution is 2.54. The molecule has 3 aromatic carbocycles. The highest BCUT2D eigenvalue weighted by molar-refractivity contribution is 6.30. The molecule has 1 aliphatic rings. The van der Waals surface area contributed by atoms with E-state index in [0.717, 1.165) is 31.2 Å². The first-order chi connectivity index (χ1) is 17.2. The van der Waals surface area contributed by atoms with Crippen LogP contribution in [0.5, 0.6) is 5.75 Å². The Balaban J connectivity index is 1.61. The van der Waals surface area contributed by atoms with E-state index in [1.165, 1.54) is 13.0 Å². The Morgan fingerprint density at radius 3 is 1.95 bits per heavy atom. The van der Waals surface area contributed by atoms with E-state index in [2.05, 4.69) is 0 Å². The summed E-state index contributed by atoms with van der Waals surface area (Å²) in [5.41, 5.74) is -2.91. The van der Waals surface area contributed by atoms with Crippen LogP contribution in [0.15, 0.2) is 59.4 Å². The molecule has 0 N–H and O–H groups in total. The summed E-state index contributed by atoms with van der Waals surface area (Å²) in [5, 5.41) is -0.648. The monoisotopic (exact) mass is 546 g/mol. The molecule has 0 saturated carbocycles. The third kappa shape index (κ3) is 4.81. The summed E-state index contributed by atoms with van der Waals surface area (Å²) in [4.78, 5) is 0. The van der Waals surface area contributed by atoms with Gasteiger partial charge in [0, 0.05) is 23.1 Å². The average Bonchev–Trinajstić information content (AvgIpc) is 2.83. The van der Waals surface area contributed by atoms with E-state index in [1.807, 2.05) is 0 Å². The van der Waals surface area contributed by atoms with E-state index in [-0.39, 0.29) is 35.1 Å². The summed E-state index contributed by atoms with van der Waals surface area (Å²) in [6.45, 7) is 2.59. The number of ether oxygens (including phenoxy) is 1. The molecular formula is C27H19ClF8O. The summed E-state index contributed by atoms with van der Waals surface area (Å²) in [7, 11) is 0. The fourth-order valence-corrected chi connectivity index (χ4v) is 4.57. The van der Waals surface area contributed by atoms with Crippen LogP contribution >= 0.6 is 11.6 Å². The van der Waals surface area contributed by atoms with Crippen molar-refractivity contribution in [1.29, 1.82) is 0 Å². The summed E-state index contributed by atoms with van der Waals surface area (Å²) in [6.07, 6.45) is -4.03. The standard InChI is InChI=1S/C27H19ClF8O/c1-13-7-8-26(2,25(28)23(13)33)27(35,36)37-16-4-6-17(20(30)12-16)14-3-5-18(19(29)9-14)15-10-21(31)24(34)22(32)11-15/h3-6,9-13H,7-8H2,1-2H3/t13?,26-/m0/s1. The molecule has 4 rings (SSSR count). The molecule has 0 radical (unpaired) electrons. The molecule has 0 bridgehead atoms. The van der Waals surface area contributed by atoms with E-state index < -0.39 is 63.1 Å². The predicted molar refractivity (Wildman–Crippen MR) is 123 cm³/mol. The van der Waals surface area contributed by atoms with E-state index >= 15 is 8.78 Å². The Morgan fingerprint density at radius 2 is 1.35 bits per heavy atom. The van der Waals surface area contributed by atoms with Gasteiger partial charge in [0.05, 0.1) is 5.03 Å². The van der Waals surface area contributed by atoms with Crippen LogP contribution < -0.4 is 4.74 Å². The smallest absolute Gasteiger partial charge is 0.408 e. The number of hydrogen-bond acceptors (Lipinski definition) is 1. The van der Waals surface area contributed by atoms with E-state index in [1.54, 1.807) is 0 Å². The Morgan fingerprint density at radius 1 is 0.811 bits per heavy atom. The van der Waals surface area contributed by atoms with Crippen molar-refractivity contribution in [2.75, 3.05) is 0 Å². The third-order valence-electron chi connectivity index (χ3n) is 6.61. The molecule has 2 atom stereocenters. The lowest BCUT2D eigenvalue weighted by atomic mass is 9.75. The maximum Gasteiger partial charge on any atom is 0.408 e. The molecule has 1 unspecified atom stereocenters. The van der Waals surface area contributed by atoms with Gasteiger partial charge in [0.1, 0.15) is 28.6 Å². The molecule has 3 aromatic rings. The second kappa shape index (κ2) is 9.67. The van der Waals surface area contributed by atoms with Crippen LogP contribution in [0.1, 0.15) is 26.7 Å². The van der Waals surface area contributed by atoms with Gasteiger partial charge in [-0.1, -0.05) is 30.7 Å². The second-order valence-corrected chi connectivity index (χ2v) is 9.52. The molecule has 0 amide bonds. The van der Waals surface area contributed by atoms with Crippen molar-refractivity contribution in [1.82, 2.24) is 0 Å². The largest absolute Gasteiger partial charge is 0.432 e. The number of benzene rings is 3. The van der Waals surface area contributed by atoms with Gasteiger partial charge < -0.3 is 4.74 Å². The van der Waals surface area contributed by atoms with Crippen LogP contribution in [-0.4, -0.2) is 6.11 Å². The van der Waals surface area contributed by atoms with Crippen molar-refractivity contribution < 1.29 is 39.9 Å². The number of hydrogen-bond donors (Lipinski definition) is 0. The molecule has 0 heterocycles. The summed E-state index contributed by atoms with van der Waals surface area (Å²) in [6, 6.07) is 7.24. The van der Waals surface area contributed by atoms with Gasteiger partial charge in [-0.2, -0.15) is 8.78 Å². The lowest BCUT2D eigenvalue weighted by Crippen LogP contribution is -2.46. The molecule has 0 saturated heterocycles. The highest BCUT2D eigenvalue weighted by Gasteiger charge is 2.57. The van der Waals surface area contributed by atoms with Gasteiger partial charge in [-0.15, -0.1) is 0 Å². The van der Waals surface area contributed by atoms with Gasteiger partial charge in [-0.3, -0.25) is 0 Å². The van der Waals surface area contributed by atoms with Crippen molar-refractivity contribution in [3.8, 4) is 28.0 Å². The van der Waals surface area contributed by atoms with E-state index in [0.29, 0.717) is 18.2 Å². The molecule has 0 spiro atoms. The number of halogens is 9.